The number of ether oxygens (including phenoxy) is 1. The predicted octanol–water partition coefficient (Wildman–Crippen LogP) is 1.64. The number of carbonyl (C=O) groups excluding carboxylic acids is 1. The number of fused-ring (bicyclic) bond motifs is 2. The molecule has 0 aliphatic heterocycles. The van der Waals surface area contributed by atoms with E-state index in [9.17, 15) is 18.4 Å². The molecule has 2 saturated carbocycles. The Morgan fingerprint density at radius 2 is 1.94 bits per heavy atom. The van der Waals surface area contributed by atoms with Crippen molar-refractivity contribution in [1.82, 2.24) is 0 Å². The number of alkyl halides is 2. The topological polar surface area (TPSA) is 63.6 Å². The number of carboxylic acids is 1. The maximum Gasteiger partial charge on any atom is 0.503 e. The highest BCUT2D eigenvalue weighted by molar-refractivity contribution is 5.80. The quantitative estimate of drug-likeness (QED) is 0.754. The lowest BCUT2D eigenvalue weighted by Gasteiger charge is -2.21. The van der Waals surface area contributed by atoms with Gasteiger partial charge in [0, 0.05) is 0 Å². The fraction of sp³-hybridized carbons (Fsp3) is 0.800. The number of aliphatic carboxylic acids is 1. The van der Waals surface area contributed by atoms with Crippen LogP contribution >= 0.6 is 0 Å². The minimum atomic E-state index is -4.40. The highest BCUT2D eigenvalue weighted by Gasteiger charge is 2.50. The average molecular weight is 234 g/mol. The minimum absolute atomic E-state index is 0.0992. The van der Waals surface area contributed by atoms with Crippen LogP contribution in [0.25, 0.3) is 0 Å². The van der Waals surface area contributed by atoms with Gasteiger partial charge in [0.2, 0.25) is 0 Å². The Labute approximate surface area is 90.6 Å². The molecule has 6 heteroatoms. The monoisotopic (exact) mass is 234 g/mol. The van der Waals surface area contributed by atoms with Crippen molar-refractivity contribution < 1.29 is 28.2 Å². The van der Waals surface area contributed by atoms with E-state index in [2.05, 4.69) is 4.74 Å². The first-order valence-electron chi connectivity index (χ1n) is 5.24. The van der Waals surface area contributed by atoms with Gasteiger partial charge in [0.1, 0.15) is 0 Å². The number of carboxylic acid groups (broad SMARTS) is 1. The van der Waals surface area contributed by atoms with E-state index in [-0.39, 0.29) is 5.92 Å². The first-order valence-corrected chi connectivity index (χ1v) is 5.24. The Bertz CT molecular complexity index is 329. The molecule has 2 rings (SSSR count). The van der Waals surface area contributed by atoms with Crippen molar-refractivity contribution in [3.05, 3.63) is 0 Å². The third-order valence-corrected chi connectivity index (χ3v) is 3.52. The summed E-state index contributed by atoms with van der Waals surface area (Å²) in [7, 11) is 0. The zero-order valence-electron chi connectivity index (χ0n) is 8.49. The van der Waals surface area contributed by atoms with E-state index in [0.29, 0.717) is 12.3 Å². The summed E-state index contributed by atoms with van der Waals surface area (Å²) in [6, 6.07) is 0. The zero-order valence-corrected chi connectivity index (χ0v) is 8.49. The molecule has 1 N–H and O–H groups in total. The fourth-order valence-corrected chi connectivity index (χ4v) is 2.78. The molecule has 16 heavy (non-hydrogen) atoms. The van der Waals surface area contributed by atoms with E-state index < -0.39 is 24.0 Å². The van der Waals surface area contributed by atoms with Crippen LogP contribution < -0.4 is 0 Å². The van der Waals surface area contributed by atoms with E-state index in [1.165, 1.54) is 0 Å². The molecule has 0 aromatic heterocycles. The molecule has 4 nitrogen and oxygen atoms in total. The lowest BCUT2D eigenvalue weighted by molar-refractivity contribution is -0.243. The van der Waals surface area contributed by atoms with Crippen LogP contribution in [-0.2, 0) is 14.3 Å². The molecule has 0 amide bonds. The SMILES string of the molecule is O=C(OC(F)(F)C(=O)O)C1CC2CCC1C2. The lowest BCUT2D eigenvalue weighted by atomic mass is 9.89. The fourth-order valence-electron chi connectivity index (χ4n) is 2.78. The normalized spacial score (nSPS) is 32.8. The van der Waals surface area contributed by atoms with E-state index in [0.717, 1.165) is 19.3 Å². The molecule has 0 aromatic carbocycles. The smallest absolute Gasteiger partial charge is 0.474 e. The predicted molar refractivity (Wildman–Crippen MR) is 47.6 cm³/mol. The Balaban J connectivity index is 1.96. The van der Waals surface area contributed by atoms with Gasteiger partial charge in [0.25, 0.3) is 0 Å². The largest absolute Gasteiger partial charge is 0.503 e. The first-order chi connectivity index (χ1) is 7.40. The molecule has 0 aromatic rings. The second-order valence-electron chi connectivity index (χ2n) is 4.52. The van der Waals surface area contributed by atoms with Gasteiger partial charge in [0.05, 0.1) is 5.92 Å². The van der Waals surface area contributed by atoms with Crippen LogP contribution in [0.3, 0.4) is 0 Å². The number of hydrogen-bond donors (Lipinski definition) is 1. The average Bonchev–Trinajstić information content (AvgIpc) is 2.77. The van der Waals surface area contributed by atoms with Crippen LogP contribution in [0.5, 0.6) is 0 Å². The van der Waals surface area contributed by atoms with E-state index in [4.69, 9.17) is 5.11 Å². The van der Waals surface area contributed by atoms with Gasteiger partial charge in [-0.3, -0.25) is 4.79 Å². The van der Waals surface area contributed by atoms with Gasteiger partial charge in [-0.2, -0.15) is 8.78 Å². The van der Waals surface area contributed by atoms with Crippen molar-refractivity contribution >= 4 is 11.9 Å². The van der Waals surface area contributed by atoms with Crippen LogP contribution in [0, 0.1) is 17.8 Å². The summed E-state index contributed by atoms with van der Waals surface area (Å²) in [6.45, 7) is 0. The minimum Gasteiger partial charge on any atom is -0.474 e. The van der Waals surface area contributed by atoms with Gasteiger partial charge in [-0.25, -0.2) is 4.79 Å². The van der Waals surface area contributed by atoms with E-state index in [1.807, 2.05) is 0 Å². The zero-order chi connectivity index (χ0) is 11.9. The summed E-state index contributed by atoms with van der Waals surface area (Å²) in [4.78, 5) is 21.5. The highest BCUT2D eigenvalue weighted by atomic mass is 19.3. The van der Waals surface area contributed by atoms with Gasteiger partial charge in [-0.15, -0.1) is 0 Å². The van der Waals surface area contributed by atoms with Crippen molar-refractivity contribution in [2.75, 3.05) is 0 Å². The standard InChI is InChI=1S/C10H12F2O4/c11-10(12,9(14)15)16-8(13)7-4-5-1-2-6(7)3-5/h5-7H,1-4H2,(H,14,15). The third kappa shape index (κ3) is 1.88. The maximum atomic E-state index is 12.6. The third-order valence-electron chi connectivity index (χ3n) is 3.52. The van der Waals surface area contributed by atoms with Crippen molar-refractivity contribution in [2.24, 2.45) is 17.8 Å². The number of esters is 1. The molecular formula is C10H12F2O4. The number of hydrogen-bond acceptors (Lipinski definition) is 3. The maximum absolute atomic E-state index is 12.6. The second kappa shape index (κ2) is 3.68. The number of halogens is 2. The Morgan fingerprint density at radius 3 is 2.38 bits per heavy atom. The van der Waals surface area contributed by atoms with Crippen LogP contribution in [0.15, 0.2) is 0 Å². The molecule has 0 heterocycles. The number of carbonyl (C=O) groups is 2. The molecule has 0 spiro atoms. The van der Waals surface area contributed by atoms with Gasteiger partial charge in [0.15, 0.2) is 0 Å². The molecule has 0 saturated heterocycles. The van der Waals surface area contributed by atoms with Crippen LogP contribution in [0.4, 0.5) is 8.78 Å². The van der Waals surface area contributed by atoms with Crippen molar-refractivity contribution in [2.45, 2.75) is 31.8 Å². The highest BCUT2D eigenvalue weighted by Crippen LogP contribution is 2.49. The van der Waals surface area contributed by atoms with Crippen molar-refractivity contribution in [3.8, 4) is 0 Å². The van der Waals surface area contributed by atoms with Gasteiger partial charge in [-0.05, 0) is 31.1 Å². The lowest BCUT2D eigenvalue weighted by Crippen LogP contribution is -2.37. The van der Waals surface area contributed by atoms with Crippen LogP contribution in [-0.4, -0.2) is 23.2 Å². The summed E-state index contributed by atoms with van der Waals surface area (Å²) in [5.41, 5.74) is 0. The Kier molecular flexibility index (Phi) is 2.59. The Morgan fingerprint density at radius 1 is 1.25 bits per heavy atom. The van der Waals surface area contributed by atoms with Gasteiger partial charge >= 0.3 is 18.0 Å². The van der Waals surface area contributed by atoms with Crippen molar-refractivity contribution in [1.29, 1.82) is 0 Å². The first kappa shape index (κ1) is 11.3. The summed E-state index contributed by atoms with van der Waals surface area (Å²) < 4.78 is 29.1. The molecule has 0 radical (unpaired) electrons. The molecule has 3 atom stereocenters. The number of rotatable bonds is 3. The Hall–Kier alpha value is -1.20. The van der Waals surface area contributed by atoms with Crippen LogP contribution in [0.1, 0.15) is 25.7 Å². The summed E-state index contributed by atoms with van der Waals surface area (Å²) >= 11 is 0. The molecule has 2 bridgehead atoms. The molecule has 2 aliphatic rings. The summed E-state index contributed by atoms with van der Waals surface area (Å²) in [5, 5.41) is 8.14. The summed E-state index contributed by atoms with van der Waals surface area (Å²) in [6.07, 6.45) is -1.09. The van der Waals surface area contributed by atoms with Crippen molar-refractivity contribution in [3.63, 3.8) is 0 Å². The molecule has 2 aliphatic carbocycles. The van der Waals surface area contributed by atoms with Gasteiger partial charge < -0.3 is 9.84 Å². The molecule has 90 valence electrons. The van der Waals surface area contributed by atoms with Gasteiger partial charge in [-0.1, -0.05) is 6.42 Å². The molecule has 3 unspecified atom stereocenters. The van der Waals surface area contributed by atoms with E-state index >= 15 is 0 Å². The second-order valence-corrected chi connectivity index (χ2v) is 4.52. The summed E-state index contributed by atoms with van der Waals surface area (Å²) in [5.74, 6) is -3.52. The molecule has 2 fully saturated rings. The van der Waals surface area contributed by atoms with Crippen LogP contribution in [0.2, 0.25) is 0 Å². The molecular weight excluding hydrogens is 222 g/mol. The van der Waals surface area contributed by atoms with E-state index in [1.54, 1.807) is 0 Å².